The molecule has 0 atom stereocenters. The zero-order chi connectivity index (χ0) is 12.1. The van der Waals surface area contributed by atoms with E-state index < -0.39 is 6.09 Å². The van der Waals surface area contributed by atoms with Crippen LogP contribution in [-0.2, 0) is 0 Å². The molecule has 3 N–H and O–H groups in total. The normalized spacial score (nSPS) is 17.7. The molecule has 0 aliphatic heterocycles. The molecular weight excluding hydrogens is 216 g/mol. The second kappa shape index (κ2) is 5.19. The fraction of sp³-hybridized carbons (Fsp3) is 0.462. The molecule has 4 nitrogen and oxygen atoms in total. The van der Waals surface area contributed by atoms with Crippen molar-refractivity contribution >= 4 is 6.09 Å². The van der Waals surface area contributed by atoms with E-state index in [1.54, 1.807) is 12.1 Å². The molecule has 0 bridgehead atoms. The van der Waals surface area contributed by atoms with Crippen LogP contribution in [0, 0.1) is 0 Å². The molecule has 1 fully saturated rings. The van der Waals surface area contributed by atoms with Crippen LogP contribution in [0.1, 0.15) is 25.7 Å². The lowest BCUT2D eigenvalue weighted by molar-refractivity contribution is 0.184. The number of hydrogen-bond acceptors (Lipinski definition) is 3. The van der Waals surface area contributed by atoms with Crippen LogP contribution in [0.2, 0.25) is 0 Å². The van der Waals surface area contributed by atoms with Crippen LogP contribution < -0.4 is 15.8 Å². The van der Waals surface area contributed by atoms with Gasteiger partial charge in [-0.2, -0.15) is 0 Å². The minimum Gasteiger partial charge on any atom is -0.410 e. The molecule has 4 heteroatoms. The van der Waals surface area contributed by atoms with Gasteiger partial charge in [-0.1, -0.05) is 31.0 Å². The third kappa shape index (κ3) is 2.97. The number of amides is 1. The molecule has 17 heavy (non-hydrogen) atoms. The van der Waals surface area contributed by atoms with Crippen molar-refractivity contribution in [3.8, 4) is 5.75 Å². The fourth-order valence-electron chi connectivity index (χ4n) is 2.27. The largest absolute Gasteiger partial charge is 0.413 e. The summed E-state index contributed by atoms with van der Waals surface area (Å²) in [6, 6.07) is 9.05. The number of rotatable bonds is 3. The number of nitrogens with one attached hydrogen (secondary N) is 1. The van der Waals surface area contributed by atoms with Crippen molar-refractivity contribution in [1.29, 1.82) is 0 Å². The Morgan fingerprint density at radius 1 is 1.29 bits per heavy atom. The molecular formula is C13H18N2O2. The summed E-state index contributed by atoms with van der Waals surface area (Å²) in [6.07, 6.45) is 3.69. The maximum absolute atomic E-state index is 11.7. The van der Waals surface area contributed by atoms with Gasteiger partial charge in [-0.25, -0.2) is 4.79 Å². The van der Waals surface area contributed by atoms with Gasteiger partial charge in [-0.15, -0.1) is 0 Å². The molecule has 1 aromatic carbocycles. The van der Waals surface area contributed by atoms with Gasteiger partial charge in [0.1, 0.15) is 5.75 Å². The molecule has 1 aliphatic rings. The van der Waals surface area contributed by atoms with Crippen molar-refractivity contribution in [3.05, 3.63) is 30.3 Å². The molecule has 0 saturated heterocycles. The Labute approximate surface area is 101 Å². The first-order valence-corrected chi connectivity index (χ1v) is 5.99. The van der Waals surface area contributed by atoms with Crippen LogP contribution in [0.15, 0.2) is 30.3 Å². The lowest BCUT2D eigenvalue weighted by Crippen LogP contribution is -2.52. The van der Waals surface area contributed by atoms with Crippen molar-refractivity contribution < 1.29 is 9.53 Å². The minimum atomic E-state index is -0.413. The van der Waals surface area contributed by atoms with Crippen LogP contribution in [-0.4, -0.2) is 18.2 Å². The molecule has 1 aliphatic carbocycles. The number of carbonyl (C=O) groups is 1. The number of ether oxygens (including phenoxy) is 1. The predicted octanol–water partition coefficient (Wildman–Crippen LogP) is 2.05. The topological polar surface area (TPSA) is 64.3 Å². The Morgan fingerprint density at radius 3 is 2.53 bits per heavy atom. The second-order valence-electron chi connectivity index (χ2n) is 4.52. The Bertz CT molecular complexity index is 372. The van der Waals surface area contributed by atoms with E-state index in [4.69, 9.17) is 10.5 Å². The molecule has 0 heterocycles. The molecule has 1 aromatic rings. The van der Waals surface area contributed by atoms with Gasteiger partial charge in [0.25, 0.3) is 0 Å². The Morgan fingerprint density at radius 2 is 1.94 bits per heavy atom. The summed E-state index contributed by atoms with van der Waals surface area (Å²) in [5, 5.41) is 2.90. The van der Waals surface area contributed by atoms with E-state index in [0.29, 0.717) is 12.3 Å². The minimum absolute atomic E-state index is 0.258. The zero-order valence-electron chi connectivity index (χ0n) is 9.82. The summed E-state index contributed by atoms with van der Waals surface area (Å²) < 4.78 is 5.20. The summed E-state index contributed by atoms with van der Waals surface area (Å²) in [4.78, 5) is 11.7. The molecule has 1 amide bonds. The molecule has 0 radical (unpaired) electrons. The lowest BCUT2D eigenvalue weighted by Gasteiger charge is -2.27. The van der Waals surface area contributed by atoms with E-state index in [9.17, 15) is 4.79 Å². The summed E-state index contributed by atoms with van der Waals surface area (Å²) in [7, 11) is 0. The number of carbonyl (C=O) groups excluding carboxylic acids is 1. The number of hydrogen-bond donors (Lipinski definition) is 2. The van der Waals surface area contributed by atoms with Gasteiger partial charge in [0.15, 0.2) is 0 Å². The lowest BCUT2D eigenvalue weighted by atomic mass is 9.98. The second-order valence-corrected chi connectivity index (χ2v) is 4.52. The van der Waals surface area contributed by atoms with Crippen LogP contribution in [0.4, 0.5) is 4.79 Å². The van der Waals surface area contributed by atoms with E-state index >= 15 is 0 Å². The van der Waals surface area contributed by atoms with Crippen molar-refractivity contribution in [2.75, 3.05) is 6.54 Å². The maximum atomic E-state index is 11.7. The summed E-state index contributed by atoms with van der Waals surface area (Å²) >= 11 is 0. The average Bonchev–Trinajstić information content (AvgIpc) is 2.79. The standard InChI is InChI=1S/C13H18N2O2/c14-10-13(8-4-5-9-13)15-12(16)17-11-6-2-1-3-7-11/h1-3,6-7H,4-5,8-10,14H2,(H,15,16). The van der Waals surface area contributed by atoms with Gasteiger partial charge < -0.3 is 15.8 Å². The first-order chi connectivity index (χ1) is 8.24. The Hall–Kier alpha value is -1.55. The number of para-hydroxylation sites is 1. The highest BCUT2D eigenvalue weighted by Crippen LogP contribution is 2.28. The van der Waals surface area contributed by atoms with Crippen LogP contribution in [0.25, 0.3) is 0 Å². The maximum Gasteiger partial charge on any atom is 0.413 e. The molecule has 0 unspecified atom stereocenters. The predicted molar refractivity (Wildman–Crippen MR) is 65.9 cm³/mol. The third-order valence-corrected chi connectivity index (χ3v) is 3.27. The molecule has 2 rings (SSSR count). The first kappa shape index (κ1) is 11.9. The van der Waals surface area contributed by atoms with Gasteiger partial charge in [-0.05, 0) is 25.0 Å². The van der Waals surface area contributed by atoms with Crippen molar-refractivity contribution in [3.63, 3.8) is 0 Å². The highest BCUT2D eigenvalue weighted by Gasteiger charge is 2.34. The SMILES string of the molecule is NCC1(NC(=O)Oc2ccccc2)CCCC1. The van der Waals surface area contributed by atoms with Crippen molar-refractivity contribution in [2.24, 2.45) is 5.73 Å². The Kier molecular flexibility index (Phi) is 3.64. The van der Waals surface area contributed by atoms with Gasteiger partial charge in [0.05, 0.1) is 5.54 Å². The monoisotopic (exact) mass is 234 g/mol. The van der Waals surface area contributed by atoms with Crippen molar-refractivity contribution in [2.45, 2.75) is 31.2 Å². The smallest absolute Gasteiger partial charge is 0.410 e. The third-order valence-electron chi connectivity index (χ3n) is 3.27. The van der Waals surface area contributed by atoms with Gasteiger partial charge in [0.2, 0.25) is 0 Å². The number of benzene rings is 1. The Balaban J connectivity index is 1.93. The van der Waals surface area contributed by atoms with E-state index in [1.807, 2.05) is 18.2 Å². The van der Waals surface area contributed by atoms with Gasteiger partial charge in [0, 0.05) is 6.54 Å². The summed E-state index contributed by atoms with van der Waals surface area (Å²) in [5.41, 5.74) is 5.48. The fourth-order valence-corrected chi connectivity index (χ4v) is 2.27. The van der Waals surface area contributed by atoms with E-state index in [-0.39, 0.29) is 5.54 Å². The molecule has 1 saturated carbocycles. The number of nitrogens with two attached hydrogens (primary N) is 1. The summed E-state index contributed by atoms with van der Waals surface area (Å²) in [5.74, 6) is 0.551. The first-order valence-electron chi connectivity index (χ1n) is 5.99. The van der Waals surface area contributed by atoms with Gasteiger partial charge in [-0.3, -0.25) is 0 Å². The highest BCUT2D eigenvalue weighted by molar-refractivity contribution is 5.71. The molecule has 0 spiro atoms. The van der Waals surface area contributed by atoms with Crippen LogP contribution in [0.3, 0.4) is 0 Å². The van der Waals surface area contributed by atoms with Crippen LogP contribution in [0.5, 0.6) is 5.75 Å². The molecule has 0 aromatic heterocycles. The van der Waals surface area contributed by atoms with Crippen LogP contribution >= 0.6 is 0 Å². The highest BCUT2D eigenvalue weighted by atomic mass is 16.6. The van der Waals surface area contributed by atoms with E-state index in [0.717, 1.165) is 25.7 Å². The average molecular weight is 234 g/mol. The van der Waals surface area contributed by atoms with Crippen molar-refractivity contribution in [1.82, 2.24) is 5.32 Å². The molecule has 92 valence electrons. The zero-order valence-corrected chi connectivity index (χ0v) is 9.82. The van der Waals surface area contributed by atoms with E-state index in [2.05, 4.69) is 5.32 Å². The van der Waals surface area contributed by atoms with E-state index in [1.165, 1.54) is 0 Å². The quantitative estimate of drug-likeness (QED) is 0.841. The summed E-state index contributed by atoms with van der Waals surface area (Å²) in [6.45, 7) is 0.469. The van der Waals surface area contributed by atoms with Gasteiger partial charge >= 0.3 is 6.09 Å².